The third-order valence-electron chi connectivity index (χ3n) is 4.59. The Balaban J connectivity index is 1.77. The number of nitrogens with two attached hydrogens (primary N) is 1. The molecule has 0 saturated heterocycles. The summed E-state index contributed by atoms with van der Waals surface area (Å²) in [6, 6.07) is 11.5. The minimum atomic E-state index is -1.13. The normalized spacial score (nSPS) is 19.1. The summed E-state index contributed by atoms with van der Waals surface area (Å²) in [5.74, 6) is -0.487. The average molecular weight is 341 g/mol. The largest absolute Gasteiger partial charge is 0.393 e. The van der Waals surface area contributed by atoms with Gasteiger partial charge in [0.1, 0.15) is 11.3 Å². The third kappa shape index (κ3) is 3.32. The number of hydrogen-bond donors (Lipinski definition) is 3. The molecule has 3 rings (SSSR count). The highest BCUT2D eigenvalue weighted by Gasteiger charge is 2.34. The fourth-order valence-corrected chi connectivity index (χ4v) is 3.25. The Morgan fingerprint density at radius 1 is 1.32 bits per heavy atom. The van der Waals surface area contributed by atoms with E-state index >= 15 is 0 Å². The van der Waals surface area contributed by atoms with Gasteiger partial charge in [0, 0.05) is 11.6 Å². The fourth-order valence-electron chi connectivity index (χ4n) is 3.25. The van der Waals surface area contributed by atoms with Crippen molar-refractivity contribution in [3.63, 3.8) is 0 Å². The van der Waals surface area contributed by atoms with Crippen molar-refractivity contribution in [1.29, 1.82) is 0 Å². The predicted molar refractivity (Wildman–Crippen MR) is 93.1 cm³/mol. The van der Waals surface area contributed by atoms with Gasteiger partial charge in [-0.1, -0.05) is 24.3 Å². The first-order chi connectivity index (χ1) is 11.9. The van der Waals surface area contributed by atoms with Crippen LogP contribution in [-0.2, 0) is 12.0 Å². The second-order valence-electron chi connectivity index (χ2n) is 6.26. The van der Waals surface area contributed by atoms with Crippen molar-refractivity contribution < 1.29 is 14.8 Å². The lowest BCUT2D eigenvalue weighted by molar-refractivity contribution is -0.383. The van der Waals surface area contributed by atoms with Crippen LogP contribution in [0.15, 0.2) is 42.5 Å². The van der Waals surface area contributed by atoms with Crippen LogP contribution in [0.2, 0.25) is 0 Å². The molecule has 4 N–H and O–H groups in total. The molecule has 0 aliphatic heterocycles. The number of carbonyl (C=O) groups is 1. The zero-order valence-corrected chi connectivity index (χ0v) is 13.6. The number of aliphatic hydroxyl groups is 1. The first-order valence-electron chi connectivity index (χ1n) is 8.03. The highest BCUT2D eigenvalue weighted by atomic mass is 16.6. The van der Waals surface area contributed by atoms with E-state index in [1.54, 1.807) is 0 Å². The summed E-state index contributed by atoms with van der Waals surface area (Å²) in [6.07, 6.45) is 2.28. The number of fused-ring (bicyclic) bond motifs is 1. The van der Waals surface area contributed by atoms with E-state index in [0.717, 1.165) is 30.0 Å². The van der Waals surface area contributed by atoms with Crippen molar-refractivity contribution in [1.82, 2.24) is 5.32 Å². The molecule has 7 heteroatoms. The summed E-state index contributed by atoms with van der Waals surface area (Å²) in [5.41, 5.74) is 6.13. The molecule has 0 aromatic heterocycles. The first kappa shape index (κ1) is 16.9. The summed E-state index contributed by atoms with van der Waals surface area (Å²) in [5, 5.41) is 24.6. The van der Waals surface area contributed by atoms with Gasteiger partial charge < -0.3 is 16.2 Å². The number of nitrogens with zero attached hydrogens (tertiary/aromatic N) is 1. The molecular formula is C18H19N3O4. The summed E-state index contributed by atoms with van der Waals surface area (Å²) in [6.45, 7) is 0.0427. The third-order valence-corrected chi connectivity index (χ3v) is 4.59. The number of aryl methyl sites for hydroxylation is 1. The van der Waals surface area contributed by atoms with Gasteiger partial charge in [0.05, 0.1) is 11.5 Å². The molecule has 130 valence electrons. The number of rotatable bonds is 4. The van der Waals surface area contributed by atoms with Crippen LogP contribution < -0.4 is 11.1 Å². The lowest BCUT2D eigenvalue weighted by atomic mass is 9.79. The Kier molecular flexibility index (Phi) is 4.41. The van der Waals surface area contributed by atoms with Gasteiger partial charge in [-0.15, -0.1) is 0 Å². The molecule has 1 amide bonds. The van der Waals surface area contributed by atoms with Crippen molar-refractivity contribution >= 4 is 17.3 Å². The quantitative estimate of drug-likeness (QED) is 0.447. The van der Waals surface area contributed by atoms with Crippen LogP contribution in [0, 0.1) is 10.1 Å². The molecule has 0 saturated carbocycles. The van der Waals surface area contributed by atoms with Crippen molar-refractivity contribution in [2.75, 3.05) is 12.3 Å². The van der Waals surface area contributed by atoms with Crippen molar-refractivity contribution in [2.45, 2.75) is 24.9 Å². The number of nitro benzene ring substituents is 1. The van der Waals surface area contributed by atoms with Gasteiger partial charge in [-0.3, -0.25) is 14.9 Å². The van der Waals surface area contributed by atoms with Crippen LogP contribution in [-0.4, -0.2) is 22.5 Å². The molecule has 2 aromatic carbocycles. The van der Waals surface area contributed by atoms with Crippen molar-refractivity contribution in [3.8, 4) is 0 Å². The zero-order valence-electron chi connectivity index (χ0n) is 13.6. The molecule has 1 atom stereocenters. The molecule has 0 spiro atoms. The van der Waals surface area contributed by atoms with Crippen LogP contribution in [0.25, 0.3) is 0 Å². The van der Waals surface area contributed by atoms with E-state index in [4.69, 9.17) is 5.73 Å². The Hall–Kier alpha value is -2.93. The molecule has 0 radical (unpaired) electrons. The highest BCUT2D eigenvalue weighted by molar-refractivity contribution is 5.95. The smallest absolute Gasteiger partial charge is 0.292 e. The van der Waals surface area contributed by atoms with Crippen LogP contribution in [0.5, 0.6) is 0 Å². The van der Waals surface area contributed by atoms with E-state index in [-0.39, 0.29) is 23.5 Å². The molecule has 1 aliphatic carbocycles. The molecule has 0 heterocycles. The maximum atomic E-state index is 12.3. The summed E-state index contributed by atoms with van der Waals surface area (Å²) in [4.78, 5) is 22.7. The Morgan fingerprint density at radius 3 is 2.84 bits per heavy atom. The molecule has 1 aliphatic rings. The molecular weight excluding hydrogens is 322 g/mol. The first-order valence-corrected chi connectivity index (χ1v) is 8.03. The summed E-state index contributed by atoms with van der Waals surface area (Å²) >= 11 is 0. The topological polar surface area (TPSA) is 118 Å². The maximum Gasteiger partial charge on any atom is 0.292 e. The molecule has 0 fully saturated rings. The maximum absolute atomic E-state index is 12.3. The lowest BCUT2D eigenvalue weighted by Gasteiger charge is -2.34. The monoisotopic (exact) mass is 341 g/mol. The molecule has 2 aromatic rings. The number of amides is 1. The minimum Gasteiger partial charge on any atom is -0.393 e. The number of hydrogen-bond acceptors (Lipinski definition) is 5. The molecule has 25 heavy (non-hydrogen) atoms. The number of nitrogens with one attached hydrogen (secondary N) is 1. The van der Waals surface area contributed by atoms with Gasteiger partial charge >= 0.3 is 0 Å². The summed E-state index contributed by atoms with van der Waals surface area (Å²) < 4.78 is 0. The molecule has 0 bridgehead atoms. The second kappa shape index (κ2) is 6.52. The van der Waals surface area contributed by atoms with Gasteiger partial charge in [-0.25, -0.2) is 0 Å². The fraction of sp³-hybridized carbons (Fsp3) is 0.278. The predicted octanol–water partition coefficient (Wildman–Crippen LogP) is 2.13. The number of benzene rings is 2. The molecule has 7 nitrogen and oxygen atoms in total. The lowest BCUT2D eigenvalue weighted by Crippen LogP contribution is -2.43. The summed E-state index contributed by atoms with van der Waals surface area (Å²) in [7, 11) is 0. The van der Waals surface area contributed by atoms with Gasteiger partial charge in [-0.2, -0.15) is 0 Å². The van der Waals surface area contributed by atoms with Crippen LogP contribution in [0.3, 0.4) is 0 Å². The number of nitrogen functional groups attached to an aromatic ring is 1. The van der Waals surface area contributed by atoms with Crippen LogP contribution >= 0.6 is 0 Å². The van der Waals surface area contributed by atoms with E-state index in [9.17, 15) is 20.0 Å². The Morgan fingerprint density at radius 2 is 2.08 bits per heavy atom. The SMILES string of the molecule is Nc1ccc(C(=O)NCC2(O)CCCc3ccccc32)cc1[N+](=O)[O-]. The van der Waals surface area contributed by atoms with Crippen molar-refractivity contribution in [2.24, 2.45) is 0 Å². The van der Waals surface area contributed by atoms with E-state index in [1.807, 2.05) is 24.3 Å². The second-order valence-corrected chi connectivity index (χ2v) is 6.26. The van der Waals surface area contributed by atoms with Gasteiger partial charge in [0.15, 0.2) is 0 Å². The minimum absolute atomic E-state index is 0.00128. The van der Waals surface area contributed by atoms with Crippen LogP contribution in [0.1, 0.15) is 34.3 Å². The highest BCUT2D eigenvalue weighted by Crippen LogP contribution is 2.34. The Bertz CT molecular complexity index is 837. The van der Waals surface area contributed by atoms with Crippen LogP contribution in [0.4, 0.5) is 11.4 Å². The zero-order chi connectivity index (χ0) is 18.0. The van der Waals surface area contributed by atoms with E-state index < -0.39 is 16.4 Å². The Labute approximate surface area is 144 Å². The number of anilines is 1. The average Bonchev–Trinajstić information content (AvgIpc) is 2.60. The van der Waals surface area contributed by atoms with E-state index in [0.29, 0.717) is 6.42 Å². The number of nitro groups is 1. The van der Waals surface area contributed by atoms with Gasteiger partial charge in [0.25, 0.3) is 11.6 Å². The number of carbonyl (C=O) groups excluding carboxylic acids is 1. The van der Waals surface area contributed by atoms with Gasteiger partial charge in [0.2, 0.25) is 0 Å². The standard InChI is InChI=1S/C18H19N3O4/c19-15-8-7-13(10-16(15)21(24)25)17(22)20-11-18(23)9-3-5-12-4-1-2-6-14(12)18/h1-2,4,6-8,10,23H,3,5,9,11,19H2,(H,20,22). The molecule has 1 unspecified atom stereocenters. The van der Waals surface area contributed by atoms with E-state index in [2.05, 4.69) is 5.32 Å². The van der Waals surface area contributed by atoms with Gasteiger partial charge in [-0.05, 0) is 42.5 Å². The van der Waals surface area contributed by atoms with E-state index in [1.165, 1.54) is 12.1 Å². The van der Waals surface area contributed by atoms with Crippen molar-refractivity contribution in [3.05, 3.63) is 69.3 Å².